The summed E-state index contributed by atoms with van der Waals surface area (Å²) in [6.45, 7) is 9.73. The molecule has 0 atom stereocenters. The molecule has 192 valence electrons. The number of rotatable bonds is 8. The van der Waals surface area contributed by atoms with Crippen LogP contribution in [0.2, 0.25) is 0 Å². The molecule has 4 aromatic rings. The first-order valence-electron chi connectivity index (χ1n) is 13.3. The number of fused-ring (bicyclic) bond motifs is 1. The summed E-state index contributed by atoms with van der Waals surface area (Å²) < 4.78 is 12.0. The van der Waals surface area contributed by atoms with Crippen LogP contribution in [-0.4, -0.2) is 18.2 Å². The third-order valence-electron chi connectivity index (χ3n) is 7.39. The van der Waals surface area contributed by atoms with Gasteiger partial charge in [0.15, 0.2) is 11.6 Å². The number of pyridine rings is 1. The van der Waals surface area contributed by atoms with Gasteiger partial charge >= 0.3 is 0 Å². The fraction of sp³-hybridized carbons (Fsp3) is 0.344. The van der Waals surface area contributed by atoms with Gasteiger partial charge in [-0.2, -0.15) is 0 Å². The Morgan fingerprint density at radius 1 is 0.919 bits per heavy atom. The van der Waals surface area contributed by atoms with Crippen molar-refractivity contribution in [3.05, 3.63) is 94.0 Å². The maximum Gasteiger partial charge on any atom is 0.170 e. The van der Waals surface area contributed by atoms with Crippen molar-refractivity contribution < 1.29 is 9.47 Å². The van der Waals surface area contributed by atoms with Gasteiger partial charge in [0.1, 0.15) is 5.75 Å². The van der Waals surface area contributed by atoms with E-state index in [0.29, 0.717) is 24.0 Å². The van der Waals surface area contributed by atoms with E-state index < -0.39 is 0 Å². The molecule has 3 aromatic carbocycles. The molecule has 37 heavy (non-hydrogen) atoms. The number of aryl methyl sites for hydroxylation is 3. The molecule has 5 rings (SSSR count). The van der Waals surface area contributed by atoms with Crippen LogP contribution >= 0.6 is 0 Å². The number of nitrogens with one attached hydrogen (secondary N) is 1. The van der Waals surface area contributed by atoms with Gasteiger partial charge in [-0.15, -0.1) is 0 Å². The molecule has 3 N–H and O–H groups in total. The molecule has 1 aliphatic heterocycles. The first-order chi connectivity index (χ1) is 18.0. The van der Waals surface area contributed by atoms with E-state index >= 15 is 0 Å². The Kier molecular flexibility index (Phi) is 7.73. The smallest absolute Gasteiger partial charge is 0.170 e. The number of nitrogens with two attached hydrogens (primary N) is 1. The molecule has 1 fully saturated rings. The normalized spacial score (nSPS) is 14.2. The molecular formula is C32H37N3O2. The molecule has 0 aliphatic carbocycles. The molecule has 0 radical (unpaired) electrons. The third-order valence-corrected chi connectivity index (χ3v) is 7.39. The Hall–Kier alpha value is -3.41. The van der Waals surface area contributed by atoms with Crippen LogP contribution in [-0.2, 0) is 24.2 Å². The maximum absolute atomic E-state index is 6.49. The van der Waals surface area contributed by atoms with Gasteiger partial charge in [-0.25, -0.2) is 4.98 Å². The minimum Gasteiger partial charge on any atom is -0.453 e. The van der Waals surface area contributed by atoms with Crippen LogP contribution in [0.15, 0.2) is 60.7 Å². The molecule has 1 saturated heterocycles. The maximum atomic E-state index is 6.49. The fourth-order valence-corrected chi connectivity index (χ4v) is 5.37. The van der Waals surface area contributed by atoms with E-state index in [9.17, 15) is 0 Å². The molecule has 0 unspecified atom stereocenters. The first-order valence-corrected chi connectivity index (χ1v) is 13.3. The van der Waals surface area contributed by atoms with Crippen molar-refractivity contribution in [1.29, 1.82) is 0 Å². The minimum atomic E-state index is 0.401. The van der Waals surface area contributed by atoms with Crippen LogP contribution in [0.1, 0.15) is 46.2 Å². The zero-order chi connectivity index (χ0) is 25.8. The molecule has 2 heterocycles. The van der Waals surface area contributed by atoms with E-state index in [0.717, 1.165) is 61.2 Å². The first kappa shape index (κ1) is 25.2. The van der Waals surface area contributed by atoms with Gasteiger partial charge in [0.2, 0.25) is 0 Å². The van der Waals surface area contributed by atoms with Crippen molar-refractivity contribution in [1.82, 2.24) is 10.3 Å². The zero-order valence-electron chi connectivity index (χ0n) is 22.1. The van der Waals surface area contributed by atoms with Crippen LogP contribution in [0.25, 0.3) is 10.9 Å². The average Bonchev–Trinajstić information content (AvgIpc) is 2.88. The zero-order valence-corrected chi connectivity index (χ0v) is 22.1. The average molecular weight is 496 g/mol. The number of nitrogen functional groups attached to an aromatic ring is 1. The van der Waals surface area contributed by atoms with Crippen LogP contribution < -0.4 is 15.8 Å². The summed E-state index contributed by atoms with van der Waals surface area (Å²) in [6, 6.07) is 21.1. The number of ether oxygens (including phenoxy) is 2. The fourth-order valence-electron chi connectivity index (χ4n) is 5.37. The number of para-hydroxylation sites is 1. The number of anilines is 1. The highest BCUT2D eigenvalue weighted by atomic mass is 16.5. The van der Waals surface area contributed by atoms with E-state index in [4.69, 9.17) is 15.2 Å². The Balaban J connectivity index is 1.40. The number of nitrogens with zero attached hydrogens (tertiary/aromatic N) is 1. The lowest BCUT2D eigenvalue weighted by atomic mass is 9.92. The van der Waals surface area contributed by atoms with E-state index in [1.807, 2.05) is 30.3 Å². The third kappa shape index (κ3) is 6.12. The number of benzene rings is 3. The summed E-state index contributed by atoms with van der Waals surface area (Å²) in [6.07, 6.45) is 3.24. The second kappa shape index (κ2) is 11.3. The summed E-state index contributed by atoms with van der Waals surface area (Å²) in [5.74, 6) is 2.47. The summed E-state index contributed by atoms with van der Waals surface area (Å²) in [5.41, 5.74) is 14.9. The molecule has 0 saturated carbocycles. The van der Waals surface area contributed by atoms with Crippen LogP contribution in [0.3, 0.4) is 0 Å². The summed E-state index contributed by atoms with van der Waals surface area (Å²) in [7, 11) is 0. The highest BCUT2D eigenvalue weighted by Gasteiger charge is 2.17. The second-order valence-electron chi connectivity index (χ2n) is 10.3. The molecule has 1 aliphatic rings. The van der Waals surface area contributed by atoms with Gasteiger partial charge in [-0.1, -0.05) is 48.0 Å². The van der Waals surface area contributed by atoms with Gasteiger partial charge in [0.25, 0.3) is 0 Å². The molecule has 5 nitrogen and oxygen atoms in total. The van der Waals surface area contributed by atoms with E-state index in [1.165, 1.54) is 27.8 Å². The molecule has 5 heteroatoms. The Morgan fingerprint density at radius 2 is 1.68 bits per heavy atom. The predicted molar refractivity (Wildman–Crippen MR) is 151 cm³/mol. The standard InChI is InChI=1S/C32H37N3O2/c1-21-14-22(2)28(23(3)15-21)20-34-19-27-9-8-25(16-24-10-12-36-13-11-24)17-30(27)37-31-18-26-6-4-5-7-29(26)35-32(31)33/h4-9,14-15,17-18,24,34H,10-13,16,19-20H2,1-3H3,(H2,33,35). The van der Waals surface area contributed by atoms with E-state index in [2.05, 4.69) is 61.4 Å². The SMILES string of the molecule is Cc1cc(C)c(CNCc2ccc(CC3CCOCC3)cc2Oc2cc3ccccc3nc2N)c(C)c1. The van der Waals surface area contributed by atoms with Crippen molar-refractivity contribution in [2.75, 3.05) is 18.9 Å². The minimum absolute atomic E-state index is 0.401. The number of aromatic nitrogens is 1. The van der Waals surface area contributed by atoms with Crippen LogP contribution in [0.5, 0.6) is 11.5 Å². The number of hydrogen-bond donors (Lipinski definition) is 2. The number of hydrogen-bond acceptors (Lipinski definition) is 5. The van der Waals surface area contributed by atoms with Crippen molar-refractivity contribution in [3.8, 4) is 11.5 Å². The van der Waals surface area contributed by atoms with Crippen molar-refractivity contribution in [2.24, 2.45) is 5.92 Å². The Bertz CT molecular complexity index is 1370. The second-order valence-corrected chi connectivity index (χ2v) is 10.3. The lowest BCUT2D eigenvalue weighted by molar-refractivity contribution is 0.0665. The van der Waals surface area contributed by atoms with Crippen LogP contribution in [0.4, 0.5) is 5.82 Å². The molecule has 0 bridgehead atoms. The summed E-state index contributed by atoms with van der Waals surface area (Å²) in [4.78, 5) is 4.57. The Morgan fingerprint density at radius 3 is 2.46 bits per heavy atom. The van der Waals surface area contributed by atoms with Crippen LogP contribution in [0, 0.1) is 26.7 Å². The summed E-state index contributed by atoms with van der Waals surface area (Å²) in [5, 5.41) is 4.66. The van der Waals surface area contributed by atoms with Crippen molar-refractivity contribution in [2.45, 2.75) is 53.1 Å². The molecule has 0 spiro atoms. The predicted octanol–water partition coefficient (Wildman–Crippen LogP) is 6.79. The monoisotopic (exact) mass is 495 g/mol. The van der Waals surface area contributed by atoms with E-state index in [1.54, 1.807) is 0 Å². The van der Waals surface area contributed by atoms with E-state index in [-0.39, 0.29) is 0 Å². The lowest BCUT2D eigenvalue weighted by Crippen LogP contribution is -2.18. The van der Waals surface area contributed by atoms with Gasteiger partial charge in [0.05, 0.1) is 5.52 Å². The van der Waals surface area contributed by atoms with Crippen molar-refractivity contribution in [3.63, 3.8) is 0 Å². The quantitative estimate of drug-likeness (QED) is 0.282. The largest absolute Gasteiger partial charge is 0.453 e. The topological polar surface area (TPSA) is 69.4 Å². The molecular weight excluding hydrogens is 458 g/mol. The highest BCUT2D eigenvalue weighted by Crippen LogP contribution is 2.33. The summed E-state index contributed by atoms with van der Waals surface area (Å²) >= 11 is 0. The molecule has 0 amide bonds. The molecule has 1 aromatic heterocycles. The van der Waals surface area contributed by atoms with Gasteiger partial charge in [-0.05, 0) is 86.4 Å². The van der Waals surface area contributed by atoms with Gasteiger partial charge in [-0.3, -0.25) is 0 Å². The van der Waals surface area contributed by atoms with Gasteiger partial charge < -0.3 is 20.5 Å². The Labute approximate surface area is 220 Å². The highest BCUT2D eigenvalue weighted by molar-refractivity contribution is 5.82. The van der Waals surface area contributed by atoms with Crippen molar-refractivity contribution >= 4 is 16.7 Å². The lowest BCUT2D eigenvalue weighted by Gasteiger charge is -2.22. The van der Waals surface area contributed by atoms with Gasteiger partial charge in [0, 0.05) is 37.3 Å².